The summed E-state index contributed by atoms with van der Waals surface area (Å²) in [5.41, 5.74) is 12.7. The van der Waals surface area contributed by atoms with Crippen LogP contribution in [0.3, 0.4) is 0 Å². The molecule has 0 aliphatic heterocycles. The van der Waals surface area contributed by atoms with Crippen LogP contribution in [0.2, 0.25) is 0 Å². The Balaban J connectivity index is 2.02. The van der Waals surface area contributed by atoms with Gasteiger partial charge in [0, 0.05) is 17.3 Å². The minimum atomic E-state index is -4.63. The van der Waals surface area contributed by atoms with Crippen LogP contribution in [-0.4, -0.2) is 30.5 Å². The molecule has 8 nitrogen and oxygen atoms in total. The number of hydrogen-bond donors (Lipinski definition) is 3. The van der Waals surface area contributed by atoms with Gasteiger partial charge in [0.05, 0.1) is 17.6 Å². The third-order valence-electron chi connectivity index (χ3n) is 5.12. The molecule has 11 heteroatoms. The van der Waals surface area contributed by atoms with Crippen molar-refractivity contribution in [3.8, 4) is 22.7 Å². The van der Waals surface area contributed by atoms with Gasteiger partial charge in [-0.15, -0.1) is 0 Å². The van der Waals surface area contributed by atoms with Crippen molar-refractivity contribution in [3.63, 3.8) is 0 Å². The largest absolute Gasteiger partial charge is 0.508 e. The van der Waals surface area contributed by atoms with Crippen molar-refractivity contribution in [3.05, 3.63) is 59.0 Å². The van der Waals surface area contributed by atoms with Crippen molar-refractivity contribution in [2.75, 3.05) is 5.73 Å². The number of benzene rings is 1. The fourth-order valence-electron chi connectivity index (χ4n) is 3.58. The average Bonchev–Trinajstić information content (AvgIpc) is 3.02. The number of halogens is 3. The third-order valence-corrected chi connectivity index (χ3v) is 5.12. The number of phenolic OH excluding ortho intramolecular Hbond substituents is 1. The molecule has 4 aromatic rings. The van der Waals surface area contributed by atoms with Crippen molar-refractivity contribution in [1.29, 1.82) is 0 Å². The van der Waals surface area contributed by atoms with E-state index in [4.69, 9.17) is 11.5 Å². The van der Waals surface area contributed by atoms with Crippen molar-refractivity contribution in [2.45, 2.75) is 20.0 Å². The normalized spacial score (nSPS) is 11.8. The molecule has 0 unspecified atom stereocenters. The monoisotopic (exact) mass is 442 g/mol. The van der Waals surface area contributed by atoms with E-state index in [0.29, 0.717) is 11.3 Å². The van der Waals surface area contributed by atoms with Crippen LogP contribution >= 0.6 is 0 Å². The summed E-state index contributed by atoms with van der Waals surface area (Å²) in [6.45, 7) is 3.46. The standard InChI is InChI=1S/C21H17F3N6O2/c1-9-3-4-13(31)10(2)17(9)30-18(25)15(19(26)32)16-20(30)28-8-12(29-16)11-5-6-27-14(7-11)21(22,23)24/h3-8,31H,25H2,1-2H3,(H2,26,32). The maximum absolute atomic E-state index is 13.1. The quantitative estimate of drug-likeness (QED) is 0.445. The van der Waals surface area contributed by atoms with Crippen LogP contribution in [0, 0.1) is 13.8 Å². The van der Waals surface area contributed by atoms with Crippen molar-refractivity contribution in [1.82, 2.24) is 19.5 Å². The molecular weight excluding hydrogens is 425 g/mol. The lowest BCUT2D eigenvalue weighted by atomic mass is 10.1. The SMILES string of the molecule is Cc1ccc(O)c(C)c1-n1c(N)c(C(N)=O)c2nc(-c3ccnc(C(F)(F)F)c3)cnc21. The zero-order valence-corrected chi connectivity index (χ0v) is 16.9. The zero-order valence-electron chi connectivity index (χ0n) is 16.9. The molecule has 0 atom stereocenters. The van der Waals surface area contributed by atoms with Crippen LogP contribution in [0.15, 0.2) is 36.7 Å². The van der Waals surface area contributed by atoms with Crippen molar-refractivity contribution < 1.29 is 23.1 Å². The molecule has 0 spiro atoms. The molecule has 0 saturated heterocycles. The Morgan fingerprint density at radius 2 is 1.88 bits per heavy atom. The Labute approximate surface area is 179 Å². The van der Waals surface area contributed by atoms with E-state index >= 15 is 0 Å². The Bertz CT molecular complexity index is 1390. The fraction of sp³-hybridized carbons (Fsp3) is 0.143. The van der Waals surface area contributed by atoms with Crippen molar-refractivity contribution in [2.24, 2.45) is 5.73 Å². The van der Waals surface area contributed by atoms with Gasteiger partial charge in [-0.1, -0.05) is 6.07 Å². The van der Waals surface area contributed by atoms with E-state index in [1.165, 1.54) is 22.9 Å². The van der Waals surface area contributed by atoms with E-state index in [0.717, 1.165) is 17.8 Å². The maximum Gasteiger partial charge on any atom is 0.433 e. The number of anilines is 1. The summed E-state index contributed by atoms with van der Waals surface area (Å²) in [7, 11) is 0. The number of aryl methyl sites for hydroxylation is 1. The van der Waals surface area contributed by atoms with Gasteiger partial charge in [0.1, 0.15) is 28.3 Å². The van der Waals surface area contributed by atoms with E-state index in [-0.39, 0.29) is 39.6 Å². The molecule has 5 N–H and O–H groups in total. The van der Waals surface area contributed by atoms with Crippen LogP contribution in [0.4, 0.5) is 19.0 Å². The number of nitrogen functional groups attached to an aromatic ring is 1. The summed E-state index contributed by atoms with van der Waals surface area (Å²) < 4.78 is 40.6. The first kappa shape index (κ1) is 21.1. The van der Waals surface area contributed by atoms with Crippen molar-refractivity contribution >= 4 is 22.9 Å². The van der Waals surface area contributed by atoms with E-state index < -0.39 is 17.8 Å². The van der Waals surface area contributed by atoms with Gasteiger partial charge in [0.2, 0.25) is 0 Å². The summed E-state index contributed by atoms with van der Waals surface area (Å²) in [6.07, 6.45) is -2.35. The average molecular weight is 442 g/mol. The second-order valence-corrected chi connectivity index (χ2v) is 7.19. The maximum atomic E-state index is 13.1. The summed E-state index contributed by atoms with van der Waals surface area (Å²) >= 11 is 0. The number of nitrogens with two attached hydrogens (primary N) is 2. The highest BCUT2D eigenvalue weighted by molar-refractivity contribution is 6.09. The van der Waals surface area contributed by atoms with Gasteiger partial charge in [-0.05, 0) is 37.6 Å². The highest BCUT2D eigenvalue weighted by atomic mass is 19.4. The highest BCUT2D eigenvalue weighted by Crippen LogP contribution is 2.36. The lowest BCUT2D eigenvalue weighted by Crippen LogP contribution is -2.14. The van der Waals surface area contributed by atoms with Gasteiger partial charge in [0.15, 0.2) is 5.65 Å². The van der Waals surface area contributed by atoms with E-state index in [1.54, 1.807) is 19.9 Å². The first-order chi connectivity index (χ1) is 15.0. The number of pyridine rings is 1. The number of fused-ring (bicyclic) bond motifs is 1. The predicted octanol–water partition coefficient (Wildman–Crippen LogP) is 3.50. The van der Waals surface area contributed by atoms with Gasteiger partial charge >= 0.3 is 6.18 Å². The lowest BCUT2D eigenvalue weighted by molar-refractivity contribution is -0.141. The number of primary amides is 1. The fourth-order valence-corrected chi connectivity index (χ4v) is 3.58. The van der Waals surface area contributed by atoms with E-state index in [2.05, 4.69) is 15.0 Å². The van der Waals surface area contributed by atoms with Gasteiger partial charge in [-0.2, -0.15) is 13.2 Å². The number of hydrogen-bond acceptors (Lipinski definition) is 6. The van der Waals surface area contributed by atoms with Gasteiger partial charge in [0.25, 0.3) is 5.91 Å². The minimum Gasteiger partial charge on any atom is -0.508 e. The summed E-state index contributed by atoms with van der Waals surface area (Å²) in [4.78, 5) is 24.2. The second-order valence-electron chi connectivity index (χ2n) is 7.19. The number of carbonyl (C=O) groups excluding carboxylic acids is 1. The highest BCUT2D eigenvalue weighted by Gasteiger charge is 2.33. The topological polar surface area (TPSA) is 133 Å². The number of aromatic hydroxyl groups is 1. The van der Waals surface area contributed by atoms with Crippen LogP contribution in [0.1, 0.15) is 27.2 Å². The molecule has 0 radical (unpaired) electrons. The Kier molecular flexibility index (Phi) is 4.76. The first-order valence-electron chi connectivity index (χ1n) is 9.30. The number of alkyl halides is 3. The zero-order chi connectivity index (χ0) is 23.4. The predicted molar refractivity (Wildman–Crippen MR) is 111 cm³/mol. The first-order valence-corrected chi connectivity index (χ1v) is 9.30. The lowest BCUT2D eigenvalue weighted by Gasteiger charge is -2.15. The summed E-state index contributed by atoms with van der Waals surface area (Å²) in [5.74, 6) is -0.917. The molecule has 0 aliphatic rings. The molecule has 0 saturated carbocycles. The second kappa shape index (κ2) is 7.22. The smallest absolute Gasteiger partial charge is 0.433 e. The molecule has 1 aromatic carbocycles. The number of amides is 1. The number of carbonyl (C=O) groups is 1. The summed E-state index contributed by atoms with van der Waals surface area (Å²) in [5, 5.41) is 10.2. The summed E-state index contributed by atoms with van der Waals surface area (Å²) in [6, 6.07) is 5.38. The number of phenols is 1. The molecular formula is C21H17F3N6O2. The minimum absolute atomic E-state index is 0.00789. The molecule has 164 valence electrons. The number of aromatic nitrogens is 4. The molecule has 0 bridgehead atoms. The Hall–Kier alpha value is -4.15. The number of nitrogens with zero attached hydrogens (tertiary/aromatic N) is 4. The molecule has 1 amide bonds. The van der Waals surface area contributed by atoms with Crippen LogP contribution in [-0.2, 0) is 6.18 Å². The molecule has 0 aliphatic carbocycles. The van der Waals surface area contributed by atoms with Gasteiger partial charge < -0.3 is 16.6 Å². The van der Waals surface area contributed by atoms with Gasteiger partial charge in [-0.25, -0.2) is 9.97 Å². The Morgan fingerprint density at radius 3 is 2.53 bits per heavy atom. The molecule has 32 heavy (non-hydrogen) atoms. The molecule has 3 heterocycles. The number of rotatable bonds is 3. The molecule has 0 fully saturated rings. The van der Waals surface area contributed by atoms with Gasteiger partial charge in [-0.3, -0.25) is 14.3 Å². The van der Waals surface area contributed by atoms with E-state index in [1.807, 2.05) is 0 Å². The Morgan fingerprint density at radius 1 is 1.16 bits per heavy atom. The molecule has 4 rings (SSSR count). The van der Waals surface area contributed by atoms with Crippen LogP contribution in [0.25, 0.3) is 28.1 Å². The van der Waals surface area contributed by atoms with E-state index in [9.17, 15) is 23.1 Å². The third kappa shape index (κ3) is 3.27. The van der Waals surface area contributed by atoms with Crippen LogP contribution in [0.5, 0.6) is 5.75 Å². The van der Waals surface area contributed by atoms with Crippen LogP contribution < -0.4 is 11.5 Å². The molecule has 3 aromatic heterocycles.